The Kier molecular flexibility index (Phi) is 2.50. The van der Waals surface area contributed by atoms with Crippen LogP contribution in [0, 0.1) is 0 Å². The van der Waals surface area contributed by atoms with Crippen LogP contribution < -0.4 is 11.1 Å². The third-order valence-corrected chi connectivity index (χ3v) is 1.66. The van der Waals surface area contributed by atoms with Crippen LogP contribution in [0.4, 0.5) is 5.82 Å². The number of anilines is 1. The highest BCUT2D eigenvalue weighted by Gasteiger charge is 2.05. The molecule has 1 aromatic heterocycles. The van der Waals surface area contributed by atoms with Crippen LogP contribution in [0.15, 0.2) is 12.3 Å². The fraction of sp³-hybridized carbons (Fsp3) is 0.143. The monoisotopic (exact) mass is 185 g/mol. The van der Waals surface area contributed by atoms with Crippen molar-refractivity contribution in [2.45, 2.75) is 0 Å². The number of nitrogens with one attached hydrogen (secondary N) is 1. The quantitative estimate of drug-likeness (QED) is 0.676. The number of halogens is 1. The standard InChI is InChI=1S/C7H8ClN3O/c1-10-7(12)4-2-5(8)6(9)11-3-4/h2-3H,1H3,(H2,9,11)(H,10,12). The second-order valence-electron chi connectivity index (χ2n) is 2.17. The molecule has 12 heavy (non-hydrogen) atoms. The van der Waals surface area contributed by atoms with Crippen LogP contribution in [-0.4, -0.2) is 17.9 Å². The molecule has 0 bridgehead atoms. The summed E-state index contributed by atoms with van der Waals surface area (Å²) in [6, 6.07) is 1.47. The van der Waals surface area contributed by atoms with E-state index in [2.05, 4.69) is 10.3 Å². The summed E-state index contributed by atoms with van der Waals surface area (Å²) >= 11 is 5.65. The summed E-state index contributed by atoms with van der Waals surface area (Å²) in [5.74, 6) is -0.00582. The Hall–Kier alpha value is -1.29. The first-order valence-corrected chi connectivity index (χ1v) is 3.66. The number of hydrogen-bond acceptors (Lipinski definition) is 3. The van der Waals surface area contributed by atoms with Crippen LogP contribution >= 0.6 is 11.6 Å². The maximum Gasteiger partial charge on any atom is 0.252 e. The van der Waals surface area contributed by atoms with Crippen molar-refractivity contribution in [3.05, 3.63) is 22.8 Å². The predicted octanol–water partition coefficient (Wildman–Crippen LogP) is 0.677. The van der Waals surface area contributed by atoms with E-state index in [0.29, 0.717) is 5.56 Å². The van der Waals surface area contributed by atoms with Gasteiger partial charge in [-0.1, -0.05) is 11.6 Å². The lowest BCUT2D eigenvalue weighted by Crippen LogP contribution is -2.18. The average Bonchev–Trinajstić information content (AvgIpc) is 2.08. The highest BCUT2D eigenvalue weighted by molar-refractivity contribution is 6.33. The normalized spacial score (nSPS) is 9.50. The summed E-state index contributed by atoms with van der Waals surface area (Å²) in [5.41, 5.74) is 5.76. The predicted molar refractivity (Wildman–Crippen MR) is 47.0 cm³/mol. The molecule has 0 spiro atoms. The molecule has 0 unspecified atom stereocenters. The number of hydrogen-bond donors (Lipinski definition) is 2. The van der Waals surface area contributed by atoms with E-state index in [1.165, 1.54) is 19.3 Å². The van der Waals surface area contributed by atoms with E-state index in [-0.39, 0.29) is 16.7 Å². The second-order valence-corrected chi connectivity index (χ2v) is 2.58. The Morgan fingerprint density at radius 2 is 2.42 bits per heavy atom. The van der Waals surface area contributed by atoms with Gasteiger partial charge in [0.25, 0.3) is 5.91 Å². The van der Waals surface area contributed by atoms with Crippen molar-refractivity contribution in [3.8, 4) is 0 Å². The lowest BCUT2D eigenvalue weighted by molar-refractivity contribution is 0.0963. The minimum atomic E-state index is -0.232. The van der Waals surface area contributed by atoms with Gasteiger partial charge < -0.3 is 11.1 Å². The SMILES string of the molecule is CNC(=O)c1cnc(N)c(Cl)c1. The molecule has 5 heteroatoms. The molecule has 0 saturated carbocycles. The first-order chi connectivity index (χ1) is 5.65. The summed E-state index contributed by atoms with van der Waals surface area (Å²) in [4.78, 5) is 14.8. The smallest absolute Gasteiger partial charge is 0.252 e. The minimum absolute atomic E-state index is 0.226. The molecule has 0 aliphatic heterocycles. The van der Waals surface area contributed by atoms with Gasteiger partial charge in [-0.25, -0.2) is 4.98 Å². The van der Waals surface area contributed by atoms with Gasteiger partial charge in [0.1, 0.15) is 5.82 Å². The van der Waals surface area contributed by atoms with Crippen LogP contribution in [0.3, 0.4) is 0 Å². The van der Waals surface area contributed by atoms with Gasteiger partial charge in [-0.15, -0.1) is 0 Å². The Morgan fingerprint density at radius 3 is 2.92 bits per heavy atom. The molecule has 1 heterocycles. The van der Waals surface area contributed by atoms with Crippen LogP contribution in [0.5, 0.6) is 0 Å². The Balaban J connectivity index is 3.05. The lowest BCUT2D eigenvalue weighted by Gasteiger charge is -2.00. The number of nitrogens with two attached hydrogens (primary N) is 1. The molecule has 1 amide bonds. The van der Waals surface area contributed by atoms with Gasteiger partial charge >= 0.3 is 0 Å². The largest absolute Gasteiger partial charge is 0.382 e. The van der Waals surface area contributed by atoms with Crippen molar-refractivity contribution in [3.63, 3.8) is 0 Å². The molecule has 0 aliphatic carbocycles. The number of carbonyl (C=O) groups is 1. The Morgan fingerprint density at radius 1 is 1.75 bits per heavy atom. The summed E-state index contributed by atoms with van der Waals surface area (Å²) in [6.45, 7) is 0. The number of nitrogen functional groups attached to an aromatic ring is 1. The summed E-state index contributed by atoms with van der Waals surface area (Å²) in [6.07, 6.45) is 1.38. The highest BCUT2D eigenvalue weighted by Crippen LogP contribution is 2.16. The van der Waals surface area contributed by atoms with E-state index in [1.54, 1.807) is 0 Å². The van der Waals surface area contributed by atoms with E-state index >= 15 is 0 Å². The maximum atomic E-state index is 11.0. The number of rotatable bonds is 1. The van der Waals surface area contributed by atoms with Crippen molar-refractivity contribution in [1.82, 2.24) is 10.3 Å². The van der Waals surface area contributed by atoms with Gasteiger partial charge in [-0.3, -0.25) is 4.79 Å². The van der Waals surface area contributed by atoms with Gasteiger partial charge in [-0.05, 0) is 6.07 Å². The van der Waals surface area contributed by atoms with Crippen LogP contribution in [0.1, 0.15) is 10.4 Å². The summed E-state index contributed by atoms with van der Waals surface area (Å²) in [5, 5.41) is 2.74. The Bertz CT molecular complexity index is 314. The van der Waals surface area contributed by atoms with Crippen molar-refractivity contribution in [2.24, 2.45) is 0 Å². The first-order valence-electron chi connectivity index (χ1n) is 3.28. The zero-order chi connectivity index (χ0) is 9.14. The van der Waals surface area contributed by atoms with Crippen LogP contribution in [-0.2, 0) is 0 Å². The molecule has 1 aromatic rings. The van der Waals surface area contributed by atoms with Crippen molar-refractivity contribution >= 4 is 23.3 Å². The van der Waals surface area contributed by atoms with Gasteiger partial charge in [0.2, 0.25) is 0 Å². The van der Waals surface area contributed by atoms with E-state index in [9.17, 15) is 4.79 Å². The first kappa shape index (κ1) is 8.80. The molecule has 0 atom stereocenters. The molecular weight excluding hydrogens is 178 g/mol. The van der Waals surface area contributed by atoms with E-state index in [1.807, 2.05) is 0 Å². The molecule has 1 rings (SSSR count). The third kappa shape index (κ3) is 1.65. The number of nitrogens with zero attached hydrogens (tertiary/aromatic N) is 1. The molecule has 0 aromatic carbocycles. The van der Waals surface area contributed by atoms with Crippen LogP contribution in [0.2, 0.25) is 5.02 Å². The molecule has 3 N–H and O–H groups in total. The zero-order valence-electron chi connectivity index (χ0n) is 6.47. The molecular formula is C7H8ClN3O. The molecule has 64 valence electrons. The Labute approximate surface area is 74.7 Å². The molecule has 0 radical (unpaired) electrons. The topological polar surface area (TPSA) is 68.0 Å². The molecule has 0 aliphatic rings. The van der Waals surface area contributed by atoms with Gasteiger partial charge in [0.05, 0.1) is 10.6 Å². The average molecular weight is 186 g/mol. The number of pyridine rings is 1. The fourth-order valence-corrected chi connectivity index (χ4v) is 0.883. The molecule has 0 fully saturated rings. The van der Waals surface area contributed by atoms with E-state index in [4.69, 9.17) is 17.3 Å². The molecule has 4 nitrogen and oxygen atoms in total. The third-order valence-electron chi connectivity index (χ3n) is 1.36. The van der Waals surface area contributed by atoms with Crippen molar-refractivity contribution in [1.29, 1.82) is 0 Å². The lowest BCUT2D eigenvalue weighted by atomic mass is 10.2. The van der Waals surface area contributed by atoms with Crippen molar-refractivity contribution < 1.29 is 4.79 Å². The van der Waals surface area contributed by atoms with Crippen LogP contribution in [0.25, 0.3) is 0 Å². The molecule has 0 saturated heterocycles. The van der Waals surface area contributed by atoms with E-state index in [0.717, 1.165) is 0 Å². The second kappa shape index (κ2) is 3.40. The minimum Gasteiger partial charge on any atom is -0.382 e. The van der Waals surface area contributed by atoms with Crippen molar-refractivity contribution in [2.75, 3.05) is 12.8 Å². The zero-order valence-corrected chi connectivity index (χ0v) is 7.22. The fourth-order valence-electron chi connectivity index (χ4n) is 0.717. The number of aromatic nitrogens is 1. The number of amides is 1. The van der Waals surface area contributed by atoms with Gasteiger partial charge in [0, 0.05) is 13.2 Å². The maximum absolute atomic E-state index is 11.0. The van der Waals surface area contributed by atoms with Gasteiger partial charge in [0.15, 0.2) is 0 Å². The number of carbonyl (C=O) groups excluding carboxylic acids is 1. The summed E-state index contributed by atoms with van der Waals surface area (Å²) < 4.78 is 0. The summed E-state index contributed by atoms with van der Waals surface area (Å²) in [7, 11) is 1.53. The highest BCUT2D eigenvalue weighted by atomic mass is 35.5. The van der Waals surface area contributed by atoms with E-state index < -0.39 is 0 Å². The van der Waals surface area contributed by atoms with Gasteiger partial charge in [-0.2, -0.15) is 0 Å².